The summed E-state index contributed by atoms with van der Waals surface area (Å²) < 4.78 is 12.7. The normalized spacial score (nSPS) is 10.6. The van der Waals surface area contributed by atoms with E-state index in [2.05, 4.69) is 15.4 Å². The molecule has 0 atom stereocenters. The van der Waals surface area contributed by atoms with Crippen LogP contribution < -0.4 is 14.8 Å². The lowest BCUT2D eigenvalue weighted by molar-refractivity contribution is 0.101. The third-order valence-electron chi connectivity index (χ3n) is 5.53. The van der Waals surface area contributed by atoms with Gasteiger partial charge in [0, 0.05) is 11.3 Å². The van der Waals surface area contributed by atoms with Crippen molar-refractivity contribution in [3.63, 3.8) is 0 Å². The van der Waals surface area contributed by atoms with E-state index >= 15 is 0 Å². The Morgan fingerprint density at radius 2 is 1.42 bits per heavy atom. The Kier molecular flexibility index (Phi) is 6.44. The number of amides is 1. The second kappa shape index (κ2) is 10.1. The number of anilines is 1. The molecule has 1 N–H and O–H groups in total. The molecule has 0 spiro atoms. The molecule has 0 aliphatic heterocycles. The summed E-state index contributed by atoms with van der Waals surface area (Å²) in [6, 6.07) is 32.0. The van der Waals surface area contributed by atoms with Gasteiger partial charge in [0.15, 0.2) is 5.82 Å². The van der Waals surface area contributed by atoms with Crippen molar-refractivity contribution in [2.24, 2.45) is 0 Å². The van der Waals surface area contributed by atoms with Crippen molar-refractivity contribution in [3.05, 3.63) is 115 Å². The summed E-state index contributed by atoms with van der Waals surface area (Å²) in [7, 11) is 1.62. The van der Waals surface area contributed by atoms with Gasteiger partial charge >= 0.3 is 0 Å². The first-order chi connectivity index (χ1) is 17.6. The minimum Gasteiger partial charge on any atom is -0.497 e. The van der Waals surface area contributed by atoms with Crippen LogP contribution in [0.1, 0.15) is 16.2 Å². The Balaban J connectivity index is 1.40. The predicted octanol–water partition coefficient (Wildman–Crippen LogP) is 6.30. The Morgan fingerprint density at radius 3 is 2.08 bits per heavy atom. The number of benzene rings is 4. The summed E-state index contributed by atoms with van der Waals surface area (Å²) in [5.41, 5.74) is 3.36. The van der Waals surface area contributed by atoms with Gasteiger partial charge in [0.2, 0.25) is 5.82 Å². The molecule has 0 fully saturated rings. The molecule has 178 valence electrons. The van der Waals surface area contributed by atoms with E-state index in [-0.39, 0.29) is 5.82 Å². The van der Waals surface area contributed by atoms with E-state index < -0.39 is 5.91 Å². The summed E-state index contributed by atoms with van der Waals surface area (Å²) in [4.78, 5) is 17.7. The van der Waals surface area contributed by atoms with Crippen molar-refractivity contribution in [2.75, 3.05) is 12.4 Å². The highest BCUT2D eigenvalue weighted by molar-refractivity contribution is 6.01. The van der Waals surface area contributed by atoms with Gasteiger partial charge in [-0.3, -0.25) is 4.79 Å². The minimum absolute atomic E-state index is 0.0611. The van der Waals surface area contributed by atoms with Gasteiger partial charge in [-0.15, -0.1) is 5.10 Å². The molecule has 0 aliphatic rings. The lowest BCUT2D eigenvalue weighted by atomic mass is 10.1. The number of aromatic nitrogens is 3. The molecule has 0 bridgehead atoms. The van der Waals surface area contributed by atoms with Crippen molar-refractivity contribution in [1.82, 2.24) is 14.8 Å². The summed E-state index contributed by atoms with van der Waals surface area (Å²) in [6.45, 7) is 2.02. The molecule has 1 aromatic heterocycles. The average Bonchev–Trinajstić information content (AvgIpc) is 3.37. The fraction of sp³-hybridized carbons (Fsp3) is 0.0690. The van der Waals surface area contributed by atoms with Crippen LogP contribution in [0.2, 0.25) is 0 Å². The molecular weight excluding hydrogens is 452 g/mol. The number of para-hydroxylation sites is 1. The number of carbonyl (C=O) groups excluding carboxylic acids is 1. The van der Waals surface area contributed by atoms with Gasteiger partial charge in [0.25, 0.3) is 5.91 Å². The van der Waals surface area contributed by atoms with Crippen LogP contribution in [0.25, 0.3) is 17.1 Å². The number of hydrogen-bond acceptors (Lipinski definition) is 5. The highest BCUT2D eigenvalue weighted by Crippen LogP contribution is 2.25. The van der Waals surface area contributed by atoms with E-state index in [0.717, 1.165) is 28.3 Å². The molecule has 36 heavy (non-hydrogen) atoms. The smallest absolute Gasteiger partial charge is 0.295 e. The molecule has 4 aromatic carbocycles. The third kappa shape index (κ3) is 5.10. The zero-order valence-electron chi connectivity index (χ0n) is 19.9. The molecular formula is C29H24N4O3. The van der Waals surface area contributed by atoms with Crippen molar-refractivity contribution >= 4 is 11.6 Å². The van der Waals surface area contributed by atoms with Gasteiger partial charge in [0.05, 0.1) is 12.8 Å². The molecule has 7 heteroatoms. The van der Waals surface area contributed by atoms with E-state index in [1.165, 1.54) is 0 Å². The SMILES string of the molecule is COc1ccc(-n2nc(C(=O)Nc3ccc(Oc4ccccc4)cc3)nc2-c2ccc(C)cc2)cc1. The van der Waals surface area contributed by atoms with Crippen molar-refractivity contribution in [3.8, 4) is 34.3 Å². The zero-order valence-corrected chi connectivity index (χ0v) is 19.9. The molecule has 5 rings (SSSR count). The Bertz CT molecular complexity index is 1460. The first-order valence-corrected chi connectivity index (χ1v) is 11.4. The van der Waals surface area contributed by atoms with E-state index in [1.54, 1.807) is 36.1 Å². The van der Waals surface area contributed by atoms with Crippen LogP contribution in [0.15, 0.2) is 103 Å². The van der Waals surface area contributed by atoms with E-state index in [4.69, 9.17) is 9.47 Å². The summed E-state index contributed by atoms with van der Waals surface area (Å²) in [6.07, 6.45) is 0. The van der Waals surface area contributed by atoms with Crippen LogP contribution in [0.4, 0.5) is 5.69 Å². The number of methoxy groups -OCH3 is 1. The number of rotatable bonds is 7. The largest absolute Gasteiger partial charge is 0.497 e. The summed E-state index contributed by atoms with van der Waals surface area (Å²) in [5.74, 6) is 2.36. The van der Waals surface area contributed by atoms with Crippen LogP contribution in [0.3, 0.4) is 0 Å². The summed E-state index contributed by atoms with van der Waals surface area (Å²) in [5, 5.41) is 7.40. The maximum absolute atomic E-state index is 13.1. The van der Waals surface area contributed by atoms with Gasteiger partial charge in [-0.05, 0) is 67.6 Å². The molecule has 5 aromatic rings. The van der Waals surface area contributed by atoms with E-state index in [9.17, 15) is 4.79 Å². The van der Waals surface area contributed by atoms with Crippen LogP contribution in [-0.4, -0.2) is 27.8 Å². The van der Waals surface area contributed by atoms with E-state index in [1.807, 2.05) is 85.8 Å². The standard InChI is InChI=1S/C29H24N4O3/c1-20-8-10-21(11-9-20)28-31-27(32-33(28)23-14-18-24(35-2)19-15-23)29(34)30-22-12-16-26(17-13-22)36-25-6-4-3-5-7-25/h3-19H,1-2H3,(H,30,34). The number of nitrogens with zero attached hydrogens (tertiary/aromatic N) is 3. The number of carbonyl (C=O) groups is 1. The molecule has 7 nitrogen and oxygen atoms in total. The van der Waals surface area contributed by atoms with Crippen LogP contribution in [-0.2, 0) is 0 Å². The quantitative estimate of drug-likeness (QED) is 0.298. The van der Waals surface area contributed by atoms with Crippen molar-refractivity contribution in [1.29, 1.82) is 0 Å². The second-order valence-electron chi connectivity index (χ2n) is 8.13. The molecule has 0 saturated heterocycles. The monoisotopic (exact) mass is 476 g/mol. The average molecular weight is 477 g/mol. The Labute approximate surface area is 209 Å². The van der Waals surface area contributed by atoms with Gasteiger partial charge in [-0.25, -0.2) is 9.67 Å². The lowest BCUT2D eigenvalue weighted by Gasteiger charge is -2.07. The highest BCUT2D eigenvalue weighted by Gasteiger charge is 2.19. The molecule has 1 heterocycles. The number of hydrogen-bond donors (Lipinski definition) is 1. The Morgan fingerprint density at radius 1 is 0.778 bits per heavy atom. The van der Waals surface area contributed by atoms with Crippen molar-refractivity contribution < 1.29 is 14.3 Å². The summed E-state index contributed by atoms with van der Waals surface area (Å²) >= 11 is 0. The molecule has 0 saturated carbocycles. The zero-order chi connectivity index (χ0) is 24.9. The maximum Gasteiger partial charge on any atom is 0.295 e. The molecule has 1 amide bonds. The molecule has 0 unspecified atom stereocenters. The van der Waals surface area contributed by atoms with Gasteiger partial charge in [-0.2, -0.15) is 0 Å². The van der Waals surface area contributed by atoms with Crippen molar-refractivity contribution in [2.45, 2.75) is 6.92 Å². The third-order valence-corrected chi connectivity index (χ3v) is 5.53. The van der Waals surface area contributed by atoms with Crippen LogP contribution in [0.5, 0.6) is 17.2 Å². The highest BCUT2D eigenvalue weighted by atomic mass is 16.5. The minimum atomic E-state index is -0.410. The van der Waals surface area contributed by atoms with E-state index in [0.29, 0.717) is 17.3 Å². The predicted molar refractivity (Wildman–Crippen MR) is 139 cm³/mol. The van der Waals surface area contributed by atoms with Gasteiger partial charge in [0.1, 0.15) is 17.2 Å². The fourth-order valence-corrected chi connectivity index (χ4v) is 3.62. The van der Waals surface area contributed by atoms with Gasteiger partial charge < -0.3 is 14.8 Å². The number of aryl methyl sites for hydroxylation is 1. The maximum atomic E-state index is 13.1. The second-order valence-corrected chi connectivity index (χ2v) is 8.13. The number of ether oxygens (including phenoxy) is 2. The molecule has 0 aliphatic carbocycles. The Hall–Kier alpha value is -4.91. The lowest BCUT2D eigenvalue weighted by Crippen LogP contribution is -2.14. The van der Waals surface area contributed by atoms with Gasteiger partial charge in [-0.1, -0.05) is 48.0 Å². The van der Waals surface area contributed by atoms with Crippen LogP contribution >= 0.6 is 0 Å². The topological polar surface area (TPSA) is 78.3 Å². The first-order valence-electron chi connectivity index (χ1n) is 11.4. The number of nitrogens with one attached hydrogen (secondary N) is 1. The molecule has 0 radical (unpaired) electrons. The van der Waals surface area contributed by atoms with Crippen LogP contribution in [0, 0.1) is 6.92 Å². The fourth-order valence-electron chi connectivity index (χ4n) is 3.62. The first kappa shape index (κ1) is 22.9.